The van der Waals surface area contributed by atoms with E-state index in [1.54, 1.807) is 30.5 Å². The van der Waals surface area contributed by atoms with Gasteiger partial charge in [-0.15, -0.1) is 0 Å². The lowest BCUT2D eigenvalue weighted by atomic mass is 10.1. The Morgan fingerprint density at radius 1 is 1.00 bits per heavy atom. The van der Waals surface area contributed by atoms with Crippen LogP contribution in [0.2, 0.25) is 0 Å². The van der Waals surface area contributed by atoms with Crippen molar-refractivity contribution in [1.82, 2.24) is 15.8 Å². The SMILES string of the molecule is CC(=O)NNC(=O)COC(=O)c1ccccc1-c1ncc(-c2ccccc2)o1. The van der Waals surface area contributed by atoms with Crippen molar-refractivity contribution in [2.75, 3.05) is 6.61 Å². The van der Waals surface area contributed by atoms with Crippen LogP contribution in [0.3, 0.4) is 0 Å². The minimum absolute atomic E-state index is 0.205. The number of nitrogens with zero attached hydrogens (tertiary/aromatic N) is 1. The van der Waals surface area contributed by atoms with Gasteiger partial charge in [0.25, 0.3) is 5.91 Å². The Morgan fingerprint density at radius 2 is 1.71 bits per heavy atom. The number of ether oxygens (including phenoxy) is 1. The van der Waals surface area contributed by atoms with Gasteiger partial charge in [-0.2, -0.15) is 0 Å². The summed E-state index contributed by atoms with van der Waals surface area (Å²) >= 11 is 0. The first-order chi connectivity index (χ1) is 13.5. The smallest absolute Gasteiger partial charge is 0.339 e. The van der Waals surface area contributed by atoms with Gasteiger partial charge < -0.3 is 9.15 Å². The lowest BCUT2D eigenvalue weighted by Crippen LogP contribution is -2.42. The van der Waals surface area contributed by atoms with E-state index < -0.39 is 24.4 Å². The molecule has 1 heterocycles. The van der Waals surface area contributed by atoms with Crippen molar-refractivity contribution < 1.29 is 23.5 Å². The Kier molecular flexibility index (Phi) is 5.81. The van der Waals surface area contributed by atoms with Crippen LogP contribution in [0.15, 0.2) is 65.2 Å². The fraction of sp³-hybridized carbons (Fsp3) is 0.100. The van der Waals surface area contributed by atoms with Crippen molar-refractivity contribution in [3.8, 4) is 22.8 Å². The maximum Gasteiger partial charge on any atom is 0.339 e. The second-order valence-corrected chi connectivity index (χ2v) is 5.75. The van der Waals surface area contributed by atoms with Crippen LogP contribution in [-0.2, 0) is 14.3 Å². The summed E-state index contributed by atoms with van der Waals surface area (Å²) in [4.78, 5) is 39.0. The van der Waals surface area contributed by atoms with E-state index in [4.69, 9.17) is 9.15 Å². The molecular formula is C20H17N3O5. The molecule has 8 heteroatoms. The Labute approximate surface area is 160 Å². The number of nitrogens with one attached hydrogen (secondary N) is 2. The quantitative estimate of drug-likeness (QED) is 0.520. The van der Waals surface area contributed by atoms with Crippen LogP contribution in [0.25, 0.3) is 22.8 Å². The summed E-state index contributed by atoms with van der Waals surface area (Å²) in [5, 5.41) is 0. The van der Waals surface area contributed by atoms with Crippen LogP contribution in [0, 0.1) is 0 Å². The average Bonchev–Trinajstić information content (AvgIpc) is 3.21. The van der Waals surface area contributed by atoms with Crippen LogP contribution < -0.4 is 10.9 Å². The van der Waals surface area contributed by atoms with Crippen molar-refractivity contribution in [1.29, 1.82) is 0 Å². The van der Waals surface area contributed by atoms with E-state index in [1.807, 2.05) is 30.3 Å². The van der Waals surface area contributed by atoms with Crippen molar-refractivity contribution >= 4 is 17.8 Å². The summed E-state index contributed by atoms with van der Waals surface area (Å²) in [6, 6.07) is 16.1. The van der Waals surface area contributed by atoms with Gasteiger partial charge in [-0.05, 0) is 12.1 Å². The summed E-state index contributed by atoms with van der Waals surface area (Å²) in [6.45, 7) is 0.691. The van der Waals surface area contributed by atoms with Gasteiger partial charge in [-0.3, -0.25) is 20.4 Å². The molecule has 0 unspecified atom stereocenters. The van der Waals surface area contributed by atoms with E-state index in [-0.39, 0.29) is 11.5 Å². The fourth-order valence-corrected chi connectivity index (χ4v) is 2.38. The fourth-order valence-electron chi connectivity index (χ4n) is 2.38. The standard InChI is InChI=1S/C20H17N3O5/c1-13(24)22-23-18(25)12-27-20(26)16-10-6-5-9-15(16)19-21-11-17(28-19)14-7-3-2-4-8-14/h2-11H,12H2,1H3,(H,22,24)(H,23,25). The van der Waals surface area contributed by atoms with Crippen molar-refractivity contribution in [3.63, 3.8) is 0 Å². The summed E-state index contributed by atoms with van der Waals surface area (Å²) < 4.78 is 10.8. The second kappa shape index (κ2) is 8.63. The van der Waals surface area contributed by atoms with Crippen molar-refractivity contribution in [3.05, 3.63) is 66.4 Å². The first-order valence-corrected chi connectivity index (χ1v) is 8.38. The molecule has 1 aromatic heterocycles. The average molecular weight is 379 g/mol. The normalized spacial score (nSPS) is 10.2. The molecule has 0 saturated carbocycles. The van der Waals surface area contributed by atoms with Crippen molar-refractivity contribution in [2.45, 2.75) is 6.92 Å². The molecule has 0 spiro atoms. The van der Waals surface area contributed by atoms with E-state index in [2.05, 4.69) is 15.8 Å². The third kappa shape index (κ3) is 4.61. The topological polar surface area (TPSA) is 111 Å². The van der Waals surface area contributed by atoms with Crippen LogP contribution in [-0.4, -0.2) is 29.4 Å². The molecule has 2 amide bonds. The highest BCUT2D eigenvalue weighted by Gasteiger charge is 2.19. The molecule has 0 aliphatic carbocycles. The highest BCUT2D eigenvalue weighted by molar-refractivity contribution is 5.97. The number of hydrogen-bond acceptors (Lipinski definition) is 6. The van der Waals surface area contributed by atoms with Crippen LogP contribution in [0.1, 0.15) is 17.3 Å². The molecule has 0 bridgehead atoms. The zero-order valence-electron chi connectivity index (χ0n) is 15.0. The number of carbonyl (C=O) groups excluding carboxylic acids is 3. The molecule has 2 aromatic carbocycles. The van der Waals surface area contributed by atoms with E-state index in [9.17, 15) is 14.4 Å². The van der Waals surface area contributed by atoms with Gasteiger partial charge in [0, 0.05) is 12.5 Å². The molecule has 0 saturated heterocycles. The van der Waals surface area contributed by atoms with Gasteiger partial charge in [0.1, 0.15) is 0 Å². The number of amides is 2. The number of benzene rings is 2. The highest BCUT2D eigenvalue weighted by Crippen LogP contribution is 2.28. The first kappa shape index (κ1) is 18.8. The maximum atomic E-state index is 12.4. The molecule has 2 N–H and O–H groups in total. The molecular weight excluding hydrogens is 362 g/mol. The molecule has 0 fully saturated rings. The summed E-state index contributed by atoms with van der Waals surface area (Å²) in [5.74, 6) is -0.998. The molecule has 3 rings (SSSR count). The third-order valence-corrected chi connectivity index (χ3v) is 3.65. The molecule has 0 aliphatic heterocycles. The number of carbonyl (C=O) groups is 3. The van der Waals surface area contributed by atoms with Gasteiger partial charge in [-0.25, -0.2) is 9.78 Å². The zero-order chi connectivity index (χ0) is 19.9. The molecule has 3 aromatic rings. The first-order valence-electron chi connectivity index (χ1n) is 8.38. The monoisotopic (exact) mass is 379 g/mol. The Hall–Kier alpha value is -3.94. The Bertz CT molecular complexity index is 998. The van der Waals surface area contributed by atoms with Crippen LogP contribution >= 0.6 is 0 Å². The maximum absolute atomic E-state index is 12.4. The van der Waals surface area contributed by atoms with E-state index in [0.717, 1.165) is 5.56 Å². The summed E-state index contributed by atoms with van der Waals surface area (Å²) in [6.07, 6.45) is 1.58. The largest absolute Gasteiger partial charge is 0.452 e. The number of aromatic nitrogens is 1. The van der Waals surface area contributed by atoms with E-state index in [0.29, 0.717) is 11.3 Å². The van der Waals surface area contributed by atoms with Gasteiger partial charge in [0.15, 0.2) is 12.4 Å². The summed E-state index contributed by atoms with van der Waals surface area (Å²) in [7, 11) is 0. The van der Waals surface area contributed by atoms with Crippen LogP contribution in [0.4, 0.5) is 0 Å². The molecule has 0 radical (unpaired) electrons. The number of hydrogen-bond donors (Lipinski definition) is 2. The predicted molar refractivity (Wildman–Crippen MR) is 99.6 cm³/mol. The molecule has 0 aliphatic rings. The molecule has 0 atom stereocenters. The minimum Gasteiger partial charge on any atom is -0.452 e. The molecule has 142 valence electrons. The third-order valence-electron chi connectivity index (χ3n) is 3.65. The number of oxazole rings is 1. The lowest BCUT2D eigenvalue weighted by molar-refractivity contribution is -0.129. The number of esters is 1. The minimum atomic E-state index is -0.715. The van der Waals surface area contributed by atoms with Gasteiger partial charge in [-0.1, -0.05) is 42.5 Å². The van der Waals surface area contributed by atoms with Crippen molar-refractivity contribution in [2.24, 2.45) is 0 Å². The highest BCUT2D eigenvalue weighted by atomic mass is 16.5. The van der Waals surface area contributed by atoms with E-state index in [1.165, 1.54) is 6.92 Å². The summed E-state index contributed by atoms with van der Waals surface area (Å²) in [5.41, 5.74) is 5.72. The zero-order valence-corrected chi connectivity index (χ0v) is 15.0. The Balaban J connectivity index is 1.75. The number of rotatable bonds is 5. The van der Waals surface area contributed by atoms with E-state index >= 15 is 0 Å². The molecule has 28 heavy (non-hydrogen) atoms. The van der Waals surface area contributed by atoms with Gasteiger partial charge in [0.2, 0.25) is 11.8 Å². The number of hydrazine groups is 1. The lowest BCUT2D eigenvalue weighted by Gasteiger charge is -2.08. The predicted octanol–water partition coefficient (Wildman–Crippen LogP) is 2.33. The second-order valence-electron chi connectivity index (χ2n) is 5.75. The Morgan fingerprint density at radius 3 is 2.46 bits per heavy atom. The van der Waals surface area contributed by atoms with Gasteiger partial charge >= 0.3 is 5.97 Å². The van der Waals surface area contributed by atoms with Crippen LogP contribution in [0.5, 0.6) is 0 Å². The molecule has 8 nitrogen and oxygen atoms in total. The van der Waals surface area contributed by atoms with Gasteiger partial charge in [0.05, 0.1) is 17.3 Å².